The van der Waals surface area contributed by atoms with Crippen molar-refractivity contribution in [2.45, 2.75) is 31.9 Å². The second kappa shape index (κ2) is 12.5. The molecule has 200 valence electrons. The summed E-state index contributed by atoms with van der Waals surface area (Å²) < 4.78 is 30.4. The highest BCUT2D eigenvalue weighted by Crippen LogP contribution is 2.30. The number of carbonyl (C=O) groups excluding carboxylic acids is 2. The lowest BCUT2D eigenvalue weighted by Gasteiger charge is -2.31. The van der Waals surface area contributed by atoms with E-state index in [0.29, 0.717) is 19.4 Å². The zero-order chi connectivity index (χ0) is 27.1. The zero-order valence-electron chi connectivity index (χ0n) is 21.3. The first-order valence-corrected chi connectivity index (χ1v) is 12.4. The molecule has 1 aliphatic heterocycles. The molecule has 38 heavy (non-hydrogen) atoms. The van der Waals surface area contributed by atoms with E-state index in [4.69, 9.17) is 14.2 Å². The number of aromatic nitrogens is 1. The first-order chi connectivity index (χ1) is 18.4. The third-order valence-corrected chi connectivity index (χ3v) is 6.76. The van der Waals surface area contributed by atoms with Crippen LogP contribution in [0.1, 0.15) is 28.5 Å². The minimum absolute atomic E-state index is 0.0243. The van der Waals surface area contributed by atoms with Crippen molar-refractivity contribution < 1.29 is 33.3 Å². The minimum atomic E-state index is -1.11. The molecule has 9 heteroatoms. The summed E-state index contributed by atoms with van der Waals surface area (Å²) in [7, 11) is 1.36. The van der Waals surface area contributed by atoms with E-state index in [-0.39, 0.29) is 35.7 Å². The molecule has 1 amide bonds. The molecule has 1 fully saturated rings. The number of nitrogens with zero attached hydrogens (tertiary/aromatic N) is 1. The highest BCUT2D eigenvalue weighted by molar-refractivity contribution is 5.98. The number of aromatic hydroxyl groups is 1. The van der Waals surface area contributed by atoms with Crippen molar-refractivity contribution in [1.29, 1.82) is 0 Å². The highest BCUT2D eigenvalue weighted by Gasteiger charge is 2.35. The second-order valence-electron chi connectivity index (χ2n) is 9.36. The van der Waals surface area contributed by atoms with Crippen LogP contribution in [0.3, 0.4) is 0 Å². The average Bonchev–Trinajstić information content (AvgIpc) is 2.96. The Bertz CT molecular complexity index is 1240. The molecule has 3 aromatic rings. The van der Waals surface area contributed by atoms with Gasteiger partial charge in [-0.15, -0.1) is 0 Å². The van der Waals surface area contributed by atoms with Crippen LogP contribution in [0, 0.1) is 17.7 Å². The van der Waals surface area contributed by atoms with Crippen molar-refractivity contribution in [2.75, 3.05) is 20.3 Å². The number of hydrogen-bond donors (Lipinski definition) is 2. The summed E-state index contributed by atoms with van der Waals surface area (Å²) in [5.41, 5.74) is 1.76. The number of carbonyl (C=O) groups is 2. The van der Waals surface area contributed by atoms with Crippen molar-refractivity contribution in [2.24, 2.45) is 11.8 Å². The molecule has 2 N–H and O–H groups in total. The largest absolute Gasteiger partial charge is 0.503 e. The number of nitrogens with one attached hydrogen (secondary N) is 1. The number of halogens is 1. The molecule has 2 aromatic carbocycles. The van der Waals surface area contributed by atoms with E-state index in [1.165, 1.54) is 31.5 Å². The van der Waals surface area contributed by atoms with Crippen molar-refractivity contribution in [3.05, 3.63) is 89.5 Å². The van der Waals surface area contributed by atoms with Crippen LogP contribution in [-0.2, 0) is 27.1 Å². The molecule has 1 saturated heterocycles. The van der Waals surface area contributed by atoms with Gasteiger partial charge in [0.15, 0.2) is 23.2 Å². The number of amides is 1. The lowest BCUT2D eigenvalue weighted by Crippen LogP contribution is -2.46. The fourth-order valence-electron chi connectivity index (χ4n) is 4.71. The van der Waals surface area contributed by atoms with Crippen LogP contribution >= 0.6 is 0 Å². The summed E-state index contributed by atoms with van der Waals surface area (Å²) in [6, 6.07) is 16.6. The van der Waals surface area contributed by atoms with E-state index in [1.807, 2.05) is 37.3 Å². The third-order valence-electron chi connectivity index (χ3n) is 6.76. The number of benzene rings is 2. The molecular weight excluding hydrogens is 491 g/mol. The Balaban J connectivity index is 1.55. The normalized spacial score (nSPS) is 21.9. The van der Waals surface area contributed by atoms with Gasteiger partial charge in [-0.1, -0.05) is 42.5 Å². The number of ether oxygens (including phenoxy) is 3. The first kappa shape index (κ1) is 27.1. The number of esters is 1. The standard InChI is InChI=1S/C29H31FN2O6/c1-18-23(15-20-8-10-22(30)11-9-20)21(14-19-6-4-3-5-7-19)16-37-17-24(29(35)38-18)32-28(34)26-27(33)25(36-2)12-13-31-26/h3-13,18,21,23-24,33H,14-17H2,1-2H3,(H,32,34)/t18-,21-,23-,24-/m0/s1. The monoisotopic (exact) mass is 522 g/mol. The molecule has 0 radical (unpaired) electrons. The average molecular weight is 523 g/mol. The zero-order valence-corrected chi connectivity index (χ0v) is 21.3. The summed E-state index contributed by atoms with van der Waals surface area (Å²) in [5.74, 6) is -2.24. The van der Waals surface area contributed by atoms with Crippen molar-refractivity contribution in [3.8, 4) is 11.5 Å². The van der Waals surface area contributed by atoms with Gasteiger partial charge in [-0.05, 0) is 48.9 Å². The van der Waals surface area contributed by atoms with Crippen molar-refractivity contribution >= 4 is 11.9 Å². The van der Waals surface area contributed by atoms with Gasteiger partial charge in [-0.3, -0.25) is 4.79 Å². The maximum absolute atomic E-state index is 13.5. The summed E-state index contributed by atoms with van der Waals surface area (Å²) in [6.07, 6.45) is 2.04. The van der Waals surface area contributed by atoms with Crippen LogP contribution in [0.4, 0.5) is 4.39 Å². The number of pyridine rings is 1. The molecular formula is C29H31FN2O6. The van der Waals surface area contributed by atoms with E-state index in [0.717, 1.165) is 11.1 Å². The predicted octanol–water partition coefficient (Wildman–Crippen LogP) is 3.71. The number of cyclic esters (lactones) is 1. The predicted molar refractivity (Wildman–Crippen MR) is 137 cm³/mol. The van der Waals surface area contributed by atoms with Gasteiger partial charge in [0.05, 0.1) is 20.3 Å². The third kappa shape index (κ3) is 6.66. The SMILES string of the molecule is COc1ccnc(C(=O)N[C@H]2COC[C@H](Cc3ccccc3)[C@@H](Cc3ccc(F)cc3)[C@H](C)OC2=O)c1O. The molecule has 1 aliphatic rings. The van der Waals surface area contributed by atoms with Gasteiger partial charge in [0, 0.05) is 18.2 Å². The maximum atomic E-state index is 13.5. The van der Waals surface area contributed by atoms with Crippen LogP contribution in [-0.4, -0.2) is 54.4 Å². The van der Waals surface area contributed by atoms with Gasteiger partial charge in [0.2, 0.25) is 0 Å². The minimum Gasteiger partial charge on any atom is -0.503 e. The van der Waals surface area contributed by atoms with Crippen LogP contribution < -0.4 is 10.1 Å². The fourth-order valence-corrected chi connectivity index (χ4v) is 4.71. The van der Waals surface area contributed by atoms with Gasteiger partial charge in [0.1, 0.15) is 11.9 Å². The Hall–Kier alpha value is -3.98. The first-order valence-electron chi connectivity index (χ1n) is 12.4. The lowest BCUT2D eigenvalue weighted by molar-refractivity contribution is -0.153. The summed E-state index contributed by atoms with van der Waals surface area (Å²) in [5, 5.41) is 12.9. The molecule has 2 heterocycles. The highest BCUT2D eigenvalue weighted by atomic mass is 19.1. The van der Waals surface area contributed by atoms with Crippen LogP contribution in [0.15, 0.2) is 66.9 Å². The van der Waals surface area contributed by atoms with Gasteiger partial charge in [0.25, 0.3) is 5.91 Å². The Labute approximate surface area is 220 Å². The summed E-state index contributed by atoms with van der Waals surface area (Å²) in [4.78, 5) is 29.9. The van der Waals surface area contributed by atoms with Gasteiger partial charge >= 0.3 is 5.97 Å². The van der Waals surface area contributed by atoms with Crippen LogP contribution in [0.5, 0.6) is 11.5 Å². The Kier molecular flexibility index (Phi) is 8.91. The van der Waals surface area contributed by atoms with Crippen molar-refractivity contribution in [1.82, 2.24) is 10.3 Å². The molecule has 0 saturated carbocycles. The Morgan fingerprint density at radius 3 is 2.50 bits per heavy atom. The molecule has 8 nitrogen and oxygen atoms in total. The van der Waals surface area contributed by atoms with Crippen LogP contribution in [0.25, 0.3) is 0 Å². The molecule has 0 unspecified atom stereocenters. The topological polar surface area (TPSA) is 107 Å². The van der Waals surface area contributed by atoms with E-state index < -0.39 is 29.8 Å². The van der Waals surface area contributed by atoms with E-state index in [2.05, 4.69) is 10.3 Å². The van der Waals surface area contributed by atoms with E-state index in [1.54, 1.807) is 12.1 Å². The second-order valence-corrected chi connectivity index (χ2v) is 9.36. The number of hydrogen-bond acceptors (Lipinski definition) is 7. The lowest BCUT2D eigenvalue weighted by atomic mass is 9.80. The smallest absolute Gasteiger partial charge is 0.331 e. The van der Waals surface area contributed by atoms with Gasteiger partial charge in [-0.2, -0.15) is 0 Å². The quantitative estimate of drug-likeness (QED) is 0.456. The van der Waals surface area contributed by atoms with Crippen molar-refractivity contribution in [3.63, 3.8) is 0 Å². The molecule has 4 atom stereocenters. The van der Waals surface area contributed by atoms with Crippen LogP contribution in [0.2, 0.25) is 0 Å². The molecule has 1 aromatic heterocycles. The maximum Gasteiger partial charge on any atom is 0.331 e. The van der Waals surface area contributed by atoms with E-state index >= 15 is 0 Å². The molecule has 0 spiro atoms. The Morgan fingerprint density at radius 1 is 1.08 bits per heavy atom. The molecule has 0 bridgehead atoms. The summed E-state index contributed by atoms with van der Waals surface area (Å²) in [6.45, 7) is 2.02. The van der Waals surface area contributed by atoms with E-state index in [9.17, 15) is 19.1 Å². The fraction of sp³-hybridized carbons (Fsp3) is 0.345. The molecule has 4 rings (SSSR count). The molecule has 0 aliphatic carbocycles. The number of rotatable bonds is 7. The number of methoxy groups -OCH3 is 1. The van der Waals surface area contributed by atoms with Gasteiger partial charge < -0.3 is 24.6 Å². The van der Waals surface area contributed by atoms with Gasteiger partial charge in [-0.25, -0.2) is 14.2 Å². The Morgan fingerprint density at radius 2 is 1.79 bits per heavy atom. The summed E-state index contributed by atoms with van der Waals surface area (Å²) >= 11 is 0.